The Bertz CT molecular complexity index is 491. The predicted molar refractivity (Wildman–Crippen MR) is 70.0 cm³/mol. The molecule has 0 spiro atoms. The van der Waals surface area contributed by atoms with Crippen LogP contribution in [0.25, 0.3) is 0 Å². The highest BCUT2D eigenvalue weighted by atomic mass is 19.1. The number of hydrogen-bond acceptors (Lipinski definition) is 2. The number of likely N-dealkylation sites (tertiary alicyclic amines) is 1. The van der Waals surface area contributed by atoms with Crippen LogP contribution in [0.15, 0.2) is 18.2 Å². The zero-order valence-corrected chi connectivity index (χ0v) is 11.0. The van der Waals surface area contributed by atoms with Gasteiger partial charge in [0.25, 0.3) is 0 Å². The first kappa shape index (κ1) is 13.3. The molecule has 2 atom stereocenters. The molecule has 2 heterocycles. The second kappa shape index (κ2) is 5.36. The second-order valence-electron chi connectivity index (χ2n) is 5.44. The molecule has 2 aliphatic heterocycles. The van der Waals surface area contributed by atoms with Crippen LogP contribution in [0.3, 0.4) is 0 Å². The highest BCUT2D eigenvalue weighted by Crippen LogP contribution is 2.26. The average Bonchev–Trinajstić information content (AvgIpc) is 2.98. The average molecular weight is 281 g/mol. The van der Waals surface area contributed by atoms with Crippen molar-refractivity contribution in [3.8, 4) is 0 Å². The van der Waals surface area contributed by atoms with Gasteiger partial charge in [-0.1, -0.05) is 6.07 Å². The Balaban J connectivity index is 1.57. The predicted octanol–water partition coefficient (Wildman–Crippen LogP) is 1.33. The van der Waals surface area contributed by atoms with Crippen LogP contribution in [-0.2, 0) is 6.54 Å². The van der Waals surface area contributed by atoms with Crippen molar-refractivity contribution < 1.29 is 13.6 Å². The van der Waals surface area contributed by atoms with E-state index in [0.717, 1.165) is 13.1 Å². The Morgan fingerprint density at radius 3 is 2.45 bits per heavy atom. The van der Waals surface area contributed by atoms with E-state index >= 15 is 0 Å². The standard InChI is InChI=1S/C14H17F2N3O/c15-12-2-1-3-13(16)11(12)6-18-14(20)19-7-9-4-17-5-10(9)8-19/h1-3,9-10,17H,4-8H2,(H,18,20). The van der Waals surface area contributed by atoms with E-state index < -0.39 is 11.6 Å². The van der Waals surface area contributed by atoms with Gasteiger partial charge in [0.2, 0.25) is 0 Å². The molecule has 2 saturated heterocycles. The van der Waals surface area contributed by atoms with Crippen LogP contribution < -0.4 is 10.6 Å². The van der Waals surface area contributed by atoms with Crippen molar-refractivity contribution in [2.45, 2.75) is 6.54 Å². The Morgan fingerprint density at radius 1 is 1.25 bits per heavy atom. The van der Waals surface area contributed by atoms with Crippen molar-refractivity contribution in [3.63, 3.8) is 0 Å². The molecule has 2 unspecified atom stereocenters. The first-order valence-corrected chi connectivity index (χ1v) is 6.81. The lowest BCUT2D eigenvalue weighted by Crippen LogP contribution is -2.39. The zero-order chi connectivity index (χ0) is 14.1. The van der Waals surface area contributed by atoms with Crippen LogP contribution >= 0.6 is 0 Å². The maximum absolute atomic E-state index is 13.5. The molecule has 0 bridgehead atoms. The van der Waals surface area contributed by atoms with Gasteiger partial charge in [0.15, 0.2) is 0 Å². The lowest BCUT2D eigenvalue weighted by Gasteiger charge is -2.18. The molecule has 3 rings (SSSR count). The van der Waals surface area contributed by atoms with Gasteiger partial charge in [0.05, 0.1) is 6.54 Å². The van der Waals surface area contributed by atoms with Crippen LogP contribution in [0, 0.1) is 23.5 Å². The Labute approximate surface area is 116 Å². The van der Waals surface area contributed by atoms with Gasteiger partial charge in [-0.25, -0.2) is 13.6 Å². The summed E-state index contributed by atoms with van der Waals surface area (Å²) in [7, 11) is 0. The zero-order valence-electron chi connectivity index (χ0n) is 11.0. The molecule has 0 saturated carbocycles. The van der Waals surface area contributed by atoms with E-state index in [1.54, 1.807) is 4.90 Å². The maximum Gasteiger partial charge on any atom is 0.317 e. The molecule has 4 nitrogen and oxygen atoms in total. The molecule has 2 amide bonds. The van der Waals surface area contributed by atoms with Gasteiger partial charge in [-0.15, -0.1) is 0 Å². The van der Waals surface area contributed by atoms with Crippen LogP contribution in [0.4, 0.5) is 13.6 Å². The first-order valence-electron chi connectivity index (χ1n) is 6.81. The molecule has 0 radical (unpaired) electrons. The fourth-order valence-electron chi connectivity index (χ4n) is 3.00. The number of carbonyl (C=O) groups is 1. The van der Waals surface area contributed by atoms with Gasteiger partial charge in [-0.3, -0.25) is 0 Å². The molecule has 2 N–H and O–H groups in total. The van der Waals surface area contributed by atoms with E-state index in [1.165, 1.54) is 18.2 Å². The molecule has 2 aliphatic rings. The molecule has 2 fully saturated rings. The van der Waals surface area contributed by atoms with Crippen LogP contribution in [0.1, 0.15) is 5.56 Å². The van der Waals surface area contributed by atoms with Gasteiger partial charge in [-0.2, -0.15) is 0 Å². The number of urea groups is 1. The van der Waals surface area contributed by atoms with E-state index in [0.29, 0.717) is 24.9 Å². The lowest BCUT2D eigenvalue weighted by molar-refractivity contribution is 0.204. The topological polar surface area (TPSA) is 44.4 Å². The highest BCUT2D eigenvalue weighted by molar-refractivity contribution is 5.74. The molecule has 1 aromatic rings. The third kappa shape index (κ3) is 2.47. The molecule has 1 aromatic carbocycles. The fraction of sp³-hybridized carbons (Fsp3) is 0.500. The number of nitrogens with one attached hydrogen (secondary N) is 2. The van der Waals surface area contributed by atoms with Crippen molar-refractivity contribution in [3.05, 3.63) is 35.4 Å². The minimum absolute atomic E-state index is 0.0955. The van der Waals surface area contributed by atoms with Gasteiger partial charge in [0.1, 0.15) is 11.6 Å². The van der Waals surface area contributed by atoms with E-state index in [1.807, 2.05) is 0 Å². The largest absolute Gasteiger partial charge is 0.334 e. The molecular weight excluding hydrogens is 264 g/mol. The number of fused-ring (bicyclic) bond motifs is 1. The summed E-state index contributed by atoms with van der Waals surface area (Å²) in [4.78, 5) is 13.8. The maximum atomic E-state index is 13.5. The number of amides is 2. The third-order valence-electron chi connectivity index (χ3n) is 4.15. The molecular formula is C14H17F2N3O. The van der Waals surface area contributed by atoms with Crippen molar-refractivity contribution in [1.82, 2.24) is 15.5 Å². The summed E-state index contributed by atoms with van der Waals surface area (Å²) in [5.41, 5.74) is -0.0955. The summed E-state index contributed by atoms with van der Waals surface area (Å²) < 4.78 is 26.9. The van der Waals surface area contributed by atoms with Gasteiger partial charge >= 0.3 is 6.03 Å². The number of nitrogens with zero attached hydrogens (tertiary/aromatic N) is 1. The molecule has 6 heteroatoms. The van der Waals surface area contributed by atoms with Gasteiger partial charge in [-0.05, 0) is 24.0 Å². The first-order chi connectivity index (χ1) is 9.65. The minimum Gasteiger partial charge on any atom is -0.334 e. The van der Waals surface area contributed by atoms with E-state index in [-0.39, 0.29) is 18.1 Å². The summed E-state index contributed by atoms with van der Waals surface area (Å²) in [5.74, 6) is -0.252. The number of rotatable bonds is 2. The second-order valence-corrected chi connectivity index (χ2v) is 5.44. The van der Waals surface area contributed by atoms with Crippen LogP contribution in [-0.4, -0.2) is 37.1 Å². The summed E-state index contributed by atoms with van der Waals surface area (Å²) >= 11 is 0. The van der Waals surface area contributed by atoms with Crippen molar-refractivity contribution in [2.24, 2.45) is 11.8 Å². The van der Waals surface area contributed by atoms with E-state index in [9.17, 15) is 13.6 Å². The van der Waals surface area contributed by atoms with Gasteiger partial charge < -0.3 is 15.5 Å². The summed E-state index contributed by atoms with van der Waals surface area (Å²) in [5, 5.41) is 5.90. The van der Waals surface area contributed by atoms with Gasteiger partial charge in [0, 0.05) is 31.7 Å². The molecule has 0 aromatic heterocycles. The number of carbonyl (C=O) groups excluding carboxylic acids is 1. The number of hydrogen-bond donors (Lipinski definition) is 2. The third-order valence-corrected chi connectivity index (χ3v) is 4.15. The number of halogens is 2. The normalized spacial score (nSPS) is 24.8. The Morgan fingerprint density at radius 2 is 1.85 bits per heavy atom. The molecule has 0 aliphatic carbocycles. The van der Waals surface area contributed by atoms with Crippen LogP contribution in [0.2, 0.25) is 0 Å². The van der Waals surface area contributed by atoms with Crippen LogP contribution in [0.5, 0.6) is 0 Å². The molecule has 108 valence electrons. The summed E-state index contributed by atoms with van der Waals surface area (Å²) in [6.45, 7) is 3.18. The van der Waals surface area contributed by atoms with E-state index in [2.05, 4.69) is 10.6 Å². The van der Waals surface area contributed by atoms with Crippen molar-refractivity contribution >= 4 is 6.03 Å². The minimum atomic E-state index is -0.632. The Kier molecular flexibility index (Phi) is 3.56. The van der Waals surface area contributed by atoms with E-state index in [4.69, 9.17) is 0 Å². The summed E-state index contributed by atoms with van der Waals surface area (Å²) in [6.07, 6.45) is 0. The van der Waals surface area contributed by atoms with Crippen molar-refractivity contribution in [2.75, 3.05) is 26.2 Å². The monoisotopic (exact) mass is 281 g/mol. The SMILES string of the molecule is O=C(NCc1c(F)cccc1F)N1CC2CNCC2C1. The highest BCUT2D eigenvalue weighted by Gasteiger charge is 2.37. The van der Waals surface area contributed by atoms with Crippen molar-refractivity contribution in [1.29, 1.82) is 0 Å². The fourth-order valence-corrected chi connectivity index (χ4v) is 3.00. The quantitative estimate of drug-likeness (QED) is 0.859. The summed E-state index contributed by atoms with van der Waals surface area (Å²) in [6, 6.07) is 3.44. The lowest BCUT2D eigenvalue weighted by atomic mass is 10.0. The Hall–Kier alpha value is -1.69. The number of benzene rings is 1. The smallest absolute Gasteiger partial charge is 0.317 e. The molecule has 20 heavy (non-hydrogen) atoms.